The summed E-state index contributed by atoms with van der Waals surface area (Å²) < 4.78 is 0. The average Bonchev–Trinajstić information content (AvgIpc) is 3.12. The first-order chi connectivity index (χ1) is 8.22. The van der Waals surface area contributed by atoms with Crippen LogP contribution in [0.2, 0.25) is 0 Å². The van der Waals surface area contributed by atoms with E-state index in [0.29, 0.717) is 12.1 Å². The monoisotopic (exact) mass is 240 g/mol. The van der Waals surface area contributed by atoms with Crippen LogP contribution in [0.3, 0.4) is 0 Å². The van der Waals surface area contributed by atoms with Gasteiger partial charge in [-0.1, -0.05) is 6.42 Å². The maximum absolute atomic E-state index is 11.6. The van der Waals surface area contributed by atoms with Gasteiger partial charge in [-0.05, 0) is 32.2 Å². The fourth-order valence-corrected chi connectivity index (χ4v) is 2.84. The summed E-state index contributed by atoms with van der Waals surface area (Å²) in [5.41, 5.74) is 0. The van der Waals surface area contributed by atoms with Crippen LogP contribution in [0.4, 0.5) is 0 Å². The van der Waals surface area contributed by atoms with Gasteiger partial charge < -0.3 is 10.0 Å². The highest BCUT2D eigenvalue weighted by atomic mass is 16.3. The quantitative estimate of drug-likeness (QED) is 0.774. The van der Waals surface area contributed by atoms with Gasteiger partial charge in [-0.2, -0.15) is 0 Å². The van der Waals surface area contributed by atoms with E-state index in [0.717, 1.165) is 26.1 Å². The van der Waals surface area contributed by atoms with Crippen LogP contribution < -0.4 is 0 Å². The molecule has 2 rings (SSSR count). The van der Waals surface area contributed by atoms with Gasteiger partial charge in [-0.15, -0.1) is 0 Å². The summed E-state index contributed by atoms with van der Waals surface area (Å²) >= 11 is 0. The highest BCUT2D eigenvalue weighted by molar-refractivity contribution is 5.74. The number of likely N-dealkylation sites (tertiary alicyclic amines) is 1. The molecule has 0 aromatic heterocycles. The van der Waals surface area contributed by atoms with Gasteiger partial charge in [0, 0.05) is 32.1 Å². The molecular formula is C13H24N2O2. The van der Waals surface area contributed by atoms with Crippen molar-refractivity contribution in [2.75, 3.05) is 26.2 Å². The lowest BCUT2D eigenvalue weighted by atomic mass is 10.0. The Balaban J connectivity index is 1.91. The van der Waals surface area contributed by atoms with E-state index in [2.05, 4.69) is 4.90 Å². The minimum atomic E-state index is 0.210. The largest absolute Gasteiger partial charge is 0.395 e. The molecule has 0 aromatic rings. The van der Waals surface area contributed by atoms with Crippen LogP contribution in [0.25, 0.3) is 0 Å². The first-order valence-corrected chi connectivity index (χ1v) is 6.84. The zero-order valence-electron chi connectivity index (χ0n) is 10.8. The van der Waals surface area contributed by atoms with Crippen LogP contribution in [0.5, 0.6) is 0 Å². The van der Waals surface area contributed by atoms with Crippen molar-refractivity contribution in [3.05, 3.63) is 0 Å². The van der Waals surface area contributed by atoms with Gasteiger partial charge in [0.25, 0.3) is 0 Å². The first kappa shape index (κ1) is 12.8. The molecule has 98 valence electrons. The Morgan fingerprint density at radius 2 is 2.12 bits per heavy atom. The molecule has 4 heteroatoms. The van der Waals surface area contributed by atoms with E-state index in [9.17, 15) is 4.79 Å². The van der Waals surface area contributed by atoms with Crippen molar-refractivity contribution in [2.45, 2.75) is 51.1 Å². The Morgan fingerprint density at radius 1 is 1.35 bits per heavy atom. The van der Waals surface area contributed by atoms with Crippen LogP contribution in [0, 0.1) is 0 Å². The molecule has 17 heavy (non-hydrogen) atoms. The lowest BCUT2D eigenvalue weighted by Crippen LogP contribution is -2.49. The first-order valence-electron chi connectivity index (χ1n) is 6.84. The zero-order valence-corrected chi connectivity index (χ0v) is 10.8. The second-order valence-corrected chi connectivity index (χ2v) is 5.31. The number of hydrogen-bond acceptors (Lipinski definition) is 3. The van der Waals surface area contributed by atoms with Gasteiger partial charge in [0.15, 0.2) is 0 Å². The van der Waals surface area contributed by atoms with Crippen molar-refractivity contribution >= 4 is 5.91 Å². The van der Waals surface area contributed by atoms with Gasteiger partial charge >= 0.3 is 0 Å². The van der Waals surface area contributed by atoms with Crippen LogP contribution in [0.15, 0.2) is 0 Å². The van der Waals surface area contributed by atoms with Crippen LogP contribution in [0.1, 0.15) is 39.0 Å². The molecule has 1 amide bonds. The number of aliphatic hydroxyl groups excluding tert-OH is 1. The summed E-state index contributed by atoms with van der Waals surface area (Å²) in [5.74, 6) is 0.210. The maximum atomic E-state index is 11.6. The van der Waals surface area contributed by atoms with E-state index in [-0.39, 0.29) is 12.5 Å². The number of rotatable bonds is 5. The third kappa shape index (κ3) is 3.42. The Morgan fingerprint density at radius 3 is 2.71 bits per heavy atom. The topological polar surface area (TPSA) is 43.8 Å². The van der Waals surface area contributed by atoms with E-state index in [4.69, 9.17) is 5.11 Å². The molecule has 1 heterocycles. The summed E-state index contributed by atoms with van der Waals surface area (Å²) in [7, 11) is 0. The third-order valence-corrected chi connectivity index (χ3v) is 3.94. The third-order valence-electron chi connectivity index (χ3n) is 3.94. The van der Waals surface area contributed by atoms with Gasteiger partial charge in [0.05, 0.1) is 6.61 Å². The Kier molecular flexibility index (Phi) is 4.40. The molecule has 0 aromatic carbocycles. The molecule has 2 fully saturated rings. The number of aliphatic hydroxyl groups is 1. The molecule has 0 unspecified atom stereocenters. The van der Waals surface area contributed by atoms with Crippen molar-refractivity contribution in [2.24, 2.45) is 0 Å². The van der Waals surface area contributed by atoms with E-state index >= 15 is 0 Å². The van der Waals surface area contributed by atoms with Gasteiger partial charge in [0.2, 0.25) is 5.91 Å². The lowest BCUT2D eigenvalue weighted by Gasteiger charge is -2.38. The standard InChI is InChI=1S/C13H24N2O2/c1-11(17)15(12-5-6-12)10-13-4-2-3-7-14(13)8-9-16/h12-13,16H,2-10H2,1H3/t13-/m0/s1. The van der Waals surface area contributed by atoms with E-state index in [1.807, 2.05) is 4.90 Å². The number of amides is 1. The molecule has 4 nitrogen and oxygen atoms in total. The maximum Gasteiger partial charge on any atom is 0.219 e. The Hall–Kier alpha value is -0.610. The van der Waals surface area contributed by atoms with Gasteiger partial charge in [-0.3, -0.25) is 9.69 Å². The van der Waals surface area contributed by atoms with Crippen molar-refractivity contribution < 1.29 is 9.90 Å². The number of nitrogens with zero attached hydrogens (tertiary/aromatic N) is 2. The summed E-state index contributed by atoms with van der Waals surface area (Å²) in [5, 5.41) is 9.08. The zero-order chi connectivity index (χ0) is 12.3. The number of piperidine rings is 1. The number of carbonyl (C=O) groups is 1. The minimum Gasteiger partial charge on any atom is -0.395 e. The molecule has 2 aliphatic rings. The van der Waals surface area contributed by atoms with Gasteiger partial charge in [0.1, 0.15) is 0 Å². The molecule has 1 aliphatic carbocycles. The molecule has 1 saturated carbocycles. The molecular weight excluding hydrogens is 216 g/mol. The van der Waals surface area contributed by atoms with Crippen molar-refractivity contribution in [3.63, 3.8) is 0 Å². The normalized spacial score (nSPS) is 25.9. The fourth-order valence-electron chi connectivity index (χ4n) is 2.84. The van der Waals surface area contributed by atoms with Gasteiger partial charge in [-0.25, -0.2) is 0 Å². The summed E-state index contributed by atoms with van der Waals surface area (Å²) in [6, 6.07) is 0.964. The van der Waals surface area contributed by atoms with Crippen molar-refractivity contribution in [1.82, 2.24) is 9.80 Å². The summed E-state index contributed by atoms with van der Waals surface area (Å²) in [4.78, 5) is 16.0. The Labute approximate surface area is 104 Å². The second-order valence-electron chi connectivity index (χ2n) is 5.31. The molecule has 0 radical (unpaired) electrons. The predicted octanol–water partition coefficient (Wildman–Crippen LogP) is 0.844. The van der Waals surface area contributed by atoms with E-state index < -0.39 is 0 Å². The molecule has 1 N–H and O–H groups in total. The van der Waals surface area contributed by atoms with Crippen molar-refractivity contribution in [3.8, 4) is 0 Å². The molecule has 1 aliphatic heterocycles. The smallest absolute Gasteiger partial charge is 0.219 e. The summed E-state index contributed by atoms with van der Waals surface area (Å²) in [6.07, 6.45) is 5.98. The molecule has 0 spiro atoms. The molecule has 1 atom stereocenters. The SMILES string of the molecule is CC(=O)N(C[C@@H]1CCCCN1CCO)C1CC1. The lowest BCUT2D eigenvalue weighted by molar-refractivity contribution is -0.130. The number of β-amino-alcohol motifs (C(OH)–C–C–N with tert-alkyl or cyclic N) is 1. The van der Waals surface area contributed by atoms with E-state index in [1.54, 1.807) is 6.92 Å². The number of carbonyl (C=O) groups excluding carboxylic acids is 1. The number of hydrogen-bond donors (Lipinski definition) is 1. The molecule has 0 bridgehead atoms. The summed E-state index contributed by atoms with van der Waals surface area (Å²) in [6.45, 7) is 4.58. The highest BCUT2D eigenvalue weighted by Gasteiger charge is 2.34. The van der Waals surface area contributed by atoms with Crippen LogP contribution >= 0.6 is 0 Å². The van der Waals surface area contributed by atoms with Crippen molar-refractivity contribution in [1.29, 1.82) is 0 Å². The predicted molar refractivity (Wildman–Crippen MR) is 66.7 cm³/mol. The van der Waals surface area contributed by atoms with Crippen LogP contribution in [-0.4, -0.2) is 59.1 Å². The minimum absolute atomic E-state index is 0.210. The second kappa shape index (κ2) is 5.83. The highest BCUT2D eigenvalue weighted by Crippen LogP contribution is 2.28. The Bertz CT molecular complexity index is 264. The van der Waals surface area contributed by atoms with E-state index in [1.165, 1.54) is 25.7 Å². The average molecular weight is 240 g/mol. The van der Waals surface area contributed by atoms with Crippen LogP contribution in [-0.2, 0) is 4.79 Å². The fraction of sp³-hybridized carbons (Fsp3) is 0.923. The molecule has 1 saturated heterocycles.